The molecule has 23 heavy (non-hydrogen) atoms. The van der Waals surface area contributed by atoms with Crippen molar-refractivity contribution < 1.29 is 10.2 Å². The van der Waals surface area contributed by atoms with Gasteiger partial charge in [-0.2, -0.15) is 0 Å². The predicted octanol–water partition coefficient (Wildman–Crippen LogP) is 5.50. The predicted molar refractivity (Wildman–Crippen MR) is 100 cm³/mol. The number of nitrogens with one attached hydrogen (secondary N) is 1. The molecule has 0 aromatic rings. The summed E-state index contributed by atoms with van der Waals surface area (Å²) in [6.45, 7) is 4.75. The lowest BCUT2D eigenvalue weighted by atomic mass is 10.0. The molecule has 0 unspecified atom stereocenters. The first-order valence-electron chi connectivity index (χ1n) is 10.3. The van der Waals surface area contributed by atoms with E-state index in [0.29, 0.717) is 13.0 Å². The molecule has 0 saturated carbocycles. The van der Waals surface area contributed by atoms with Crippen molar-refractivity contribution in [1.29, 1.82) is 0 Å². The van der Waals surface area contributed by atoms with Crippen molar-refractivity contribution in [3.05, 3.63) is 0 Å². The highest BCUT2D eigenvalue weighted by atomic mass is 16.5. The minimum atomic E-state index is -1.66. The molecule has 0 aromatic heterocycles. The van der Waals surface area contributed by atoms with Gasteiger partial charge in [-0.15, -0.1) is 0 Å². The van der Waals surface area contributed by atoms with Crippen LogP contribution in [0.1, 0.15) is 117 Å². The van der Waals surface area contributed by atoms with Crippen molar-refractivity contribution in [3.63, 3.8) is 0 Å². The van der Waals surface area contributed by atoms with Crippen LogP contribution >= 0.6 is 0 Å². The monoisotopic (exact) mass is 329 g/mol. The van der Waals surface area contributed by atoms with Crippen LogP contribution in [0.15, 0.2) is 0 Å². The van der Waals surface area contributed by atoms with Gasteiger partial charge >= 0.3 is 0 Å². The van der Waals surface area contributed by atoms with Crippen LogP contribution in [-0.4, -0.2) is 22.7 Å². The van der Waals surface area contributed by atoms with Crippen LogP contribution in [0.2, 0.25) is 0 Å². The minimum absolute atomic E-state index is 0.430. The lowest BCUT2D eigenvalue weighted by Gasteiger charge is -2.21. The van der Waals surface area contributed by atoms with Crippen LogP contribution in [0.3, 0.4) is 0 Å². The van der Waals surface area contributed by atoms with Gasteiger partial charge in [0.25, 0.3) is 0 Å². The Hall–Kier alpha value is -0.120. The van der Waals surface area contributed by atoms with E-state index in [1.807, 2.05) is 6.92 Å². The average Bonchev–Trinajstić information content (AvgIpc) is 2.51. The van der Waals surface area contributed by atoms with E-state index in [4.69, 9.17) is 0 Å². The van der Waals surface area contributed by atoms with Gasteiger partial charge in [-0.25, -0.2) is 0 Å². The maximum Gasteiger partial charge on any atom is 0.222 e. The Kier molecular flexibility index (Phi) is 16.6. The standard InChI is InChI=1S/C20H43NO2/c1-3-5-6-7-8-9-10-11-12-13-14-15-16-17-18-19-20(22,23)21-4-2/h21-23H,3-19H2,1-2H3. The van der Waals surface area contributed by atoms with Gasteiger partial charge in [0, 0.05) is 6.42 Å². The third-order valence-electron chi connectivity index (χ3n) is 4.59. The normalized spacial score (nSPS) is 12.0. The summed E-state index contributed by atoms with van der Waals surface area (Å²) in [4.78, 5) is 0. The Morgan fingerprint density at radius 3 is 1.26 bits per heavy atom. The summed E-state index contributed by atoms with van der Waals surface area (Å²) in [5, 5.41) is 21.8. The second-order valence-electron chi connectivity index (χ2n) is 7.05. The molecule has 0 saturated heterocycles. The summed E-state index contributed by atoms with van der Waals surface area (Å²) >= 11 is 0. The first-order valence-corrected chi connectivity index (χ1v) is 10.3. The smallest absolute Gasteiger partial charge is 0.222 e. The first kappa shape index (κ1) is 22.9. The fourth-order valence-corrected chi connectivity index (χ4v) is 3.11. The van der Waals surface area contributed by atoms with Crippen LogP contribution in [0.5, 0.6) is 0 Å². The van der Waals surface area contributed by atoms with Crippen molar-refractivity contribution in [1.82, 2.24) is 5.32 Å². The van der Waals surface area contributed by atoms with Crippen LogP contribution < -0.4 is 5.32 Å². The molecule has 0 amide bonds. The Labute approximate surface area is 145 Å². The zero-order valence-corrected chi connectivity index (χ0v) is 15.9. The van der Waals surface area contributed by atoms with Gasteiger partial charge in [0.1, 0.15) is 0 Å². The highest BCUT2D eigenvalue weighted by molar-refractivity contribution is 4.60. The Morgan fingerprint density at radius 2 is 0.913 bits per heavy atom. The van der Waals surface area contributed by atoms with Crippen molar-refractivity contribution >= 4 is 0 Å². The van der Waals surface area contributed by atoms with Gasteiger partial charge in [-0.3, -0.25) is 5.32 Å². The van der Waals surface area contributed by atoms with Gasteiger partial charge in [-0.1, -0.05) is 104 Å². The zero-order valence-electron chi connectivity index (χ0n) is 15.9. The van der Waals surface area contributed by atoms with E-state index < -0.39 is 5.91 Å². The number of unbranched alkanes of at least 4 members (excludes halogenated alkanes) is 14. The van der Waals surface area contributed by atoms with E-state index in [9.17, 15) is 10.2 Å². The van der Waals surface area contributed by atoms with E-state index >= 15 is 0 Å². The van der Waals surface area contributed by atoms with Crippen molar-refractivity contribution in [3.8, 4) is 0 Å². The summed E-state index contributed by atoms with van der Waals surface area (Å²) in [7, 11) is 0. The lowest BCUT2D eigenvalue weighted by Crippen LogP contribution is -2.44. The van der Waals surface area contributed by atoms with Crippen LogP contribution in [-0.2, 0) is 0 Å². The zero-order chi connectivity index (χ0) is 17.2. The number of hydrogen-bond donors (Lipinski definition) is 3. The number of hydrogen-bond acceptors (Lipinski definition) is 3. The Balaban J connectivity index is 3.11. The van der Waals surface area contributed by atoms with E-state index in [-0.39, 0.29) is 0 Å². The third kappa shape index (κ3) is 18.1. The summed E-state index contributed by atoms with van der Waals surface area (Å²) in [5.74, 6) is -1.66. The molecule has 0 atom stereocenters. The topological polar surface area (TPSA) is 52.5 Å². The Morgan fingerprint density at radius 1 is 0.565 bits per heavy atom. The summed E-state index contributed by atoms with van der Waals surface area (Å²) in [6, 6.07) is 0. The molecular formula is C20H43NO2. The van der Waals surface area contributed by atoms with Crippen molar-refractivity contribution in [2.75, 3.05) is 6.54 Å². The molecule has 0 spiro atoms. The second-order valence-corrected chi connectivity index (χ2v) is 7.05. The van der Waals surface area contributed by atoms with E-state index in [1.54, 1.807) is 0 Å². The average molecular weight is 330 g/mol. The second kappa shape index (κ2) is 16.7. The third-order valence-corrected chi connectivity index (χ3v) is 4.59. The molecule has 3 heteroatoms. The van der Waals surface area contributed by atoms with Crippen LogP contribution in [0.25, 0.3) is 0 Å². The maximum atomic E-state index is 9.56. The minimum Gasteiger partial charge on any atom is -0.353 e. The molecule has 0 aliphatic heterocycles. The molecule has 0 bridgehead atoms. The fourth-order valence-electron chi connectivity index (χ4n) is 3.11. The van der Waals surface area contributed by atoms with E-state index in [1.165, 1.54) is 83.5 Å². The molecule has 0 rings (SSSR count). The number of rotatable bonds is 18. The molecule has 0 aromatic carbocycles. The van der Waals surface area contributed by atoms with Gasteiger partial charge in [0.15, 0.2) is 0 Å². The summed E-state index contributed by atoms with van der Waals surface area (Å²) in [6.07, 6.45) is 20.4. The van der Waals surface area contributed by atoms with E-state index in [2.05, 4.69) is 12.2 Å². The van der Waals surface area contributed by atoms with Crippen molar-refractivity contribution in [2.24, 2.45) is 0 Å². The van der Waals surface area contributed by atoms with Gasteiger partial charge in [0.2, 0.25) is 5.91 Å². The molecular weight excluding hydrogens is 286 g/mol. The van der Waals surface area contributed by atoms with Crippen LogP contribution in [0.4, 0.5) is 0 Å². The number of aliphatic hydroxyl groups is 2. The Bertz CT molecular complexity index is 232. The first-order chi connectivity index (χ1) is 11.1. The van der Waals surface area contributed by atoms with Gasteiger partial charge < -0.3 is 10.2 Å². The highest BCUT2D eigenvalue weighted by Crippen LogP contribution is 2.15. The molecule has 0 aliphatic carbocycles. The molecule has 0 radical (unpaired) electrons. The lowest BCUT2D eigenvalue weighted by molar-refractivity contribution is -0.189. The van der Waals surface area contributed by atoms with E-state index in [0.717, 1.165) is 12.8 Å². The SMILES string of the molecule is CCCCCCCCCCCCCCCCCC(O)(O)NCC. The molecule has 3 nitrogen and oxygen atoms in total. The van der Waals surface area contributed by atoms with Crippen LogP contribution in [0, 0.1) is 0 Å². The molecule has 0 aliphatic rings. The largest absolute Gasteiger partial charge is 0.353 e. The highest BCUT2D eigenvalue weighted by Gasteiger charge is 2.19. The molecule has 0 fully saturated rings. The summed E-state index contributed by atoms with van der Waals surface area (Å²) < 4.78 is 0. The molecule has 140 valence electrons. The van der Waals surface area contributed by atoms with Gasteiger partial charge in [-0.05, 0) is 13.0 Å². The quantitative estimate of drug-likeness (QED) is 0.230. The summed E-state index contributed by atoms with van der Waals surface area (Å²) in [5.41, 5.74) is 0. The molecule has 0 heterocycles. The van der Waals surface area contributed by atoms with Gasteiger partial charge in [0.05, 0.1) is 0 Å². The fraction of sp³-hybridized carbons (Fsp3) is 1.00. The molecule has 3 N–H and O–H groups in total. The van der Waals surface area contributed by atoms with Crippen molar-refractivity contribution in [2.45, 2.75) is 122 Å². The maximum absolute atomic E-state index is 9.56.